The lowest BCUT2D eigenvalue weighted by atomic mass is 10.1. The molecule has 0 saturated carbocycles. The number of hydrogen-bond donors (Lipinski definition) is 1. The molecule has 1 N–H and O–H groups in total. The Morgan fingerprint density at radius 3 is 2.78 bits per heavy atom. The van der Waals surface area contributed by atoms with Crippen LogP contribution in [-0.2, 0) is 12.2 Å². The van der Waals surface area contributed by atoms with Gasteiger partial charge in [-0.3, -0.25) is 4.79 Å². The van der Waals surface area contributed by atoms with Gasteiger partial charge in [0, 0.05) is 24.1 Å². The minimum atomic E-state index is -0.260. The number of rotatable bonds is 7. The number of benzene rings is 1. The summed E-state index contributed by atoms with van der Waals surface area (Å²) in [6, 6.07) is 10.0. The Kier molecular flexibility index (Phi) is 6.24. The first kappa shape index (κ1) is 19.1. The molecule has 0 atom stereocenters. The summed E-state index contributed by atoms with van der Waals surface area (Å²) in [5.41, 5.74) is 2.93. The standard InChI is InChI=1S/C20H20FN3O2S/c1-13-17(14(2)26-24-13)12-27-20-16(7-5-10-23-20)19(25)22-11-9-15-6-3-4-8-18(15)21/h3-8,10H,9,11-12H2,1-2H3,(H,22,25). The first-order valence-corrected chi connectivity index (χ1v) is 9.56. The molecule has 1 aromatic carbocycles. The molecule has 0 aliphatic heterocycles. The van der Waals surface area contributed by atoms with Crippen molar-refractivity contribution in [3.63, 3.8) is 0 Å². The number of aromatic nitrogens is 2. The second-order valence-electron chi connectivity index (χ2n) is 6.04. The summed E-state index contributed by atoms with van der Waals surface area (Å²) in [6.07, 6.45) is 2.09. The molecule has 0 saturated heterocycles. The van der Waals surface area contributed by atoms with Crippen molar-refractivity contribution in [2.24, 2.45) is 0 Å². The van der Waals surface area contributed by atoms with Crippen molar-refractivity contribution < 1.29 is 13.7 Å². The number of aryl methyl sites for hydroxylation is 2. The molecule has 1 amide bonds. The number of thioether (sulfide) groups is 1. The highest BCUT2D eigenvalue weighted by molar-refractivity contribution is 7.98. The molecule has 5 nitrogen and oxygen atoms in total. The quantitative estimate of drug-likeness (QED) is 0.621. The number of carbonyl (C=O) groups excluding carboxylic acids is 1. The van der Waals surface area contributed by atoms with Gasteiger partial charge >= 0.3 is 0 Å². The van der Waals surface area contributed by atoms with Gasteiger partial charge in [0.05, 0.1) is 11.3 Å². The van der Waals surface area contributed by atoms with Crippen LogP contribution in [0, 0.1) is 19.7 Å². The lowest BCUT2D eigenvalue weighted by molar-refractivity contribution is 0.0950. The van der Waals surface area contributed by atoms with Gasteiger partial charge in [-0.25, -0.2) is 9.37 Å². The molecule has 27 heavy (non-hydrogen) atoms. The molecular weight excluding hydrogens is 365 g/mol. The van der Waals surface area contributed by atoms with Crippen LogP contribution in [0.2, 0.25) is 0 Å². The van der Waals surface area contributed by atoms with Crippen molar-refractivity contribution in [2.75, 3.05) is 6.54 Å². The molecule has 3 rings (SSSR count). The molecular formula is C20H20FN3O2S. The summed E-state index contributed by atoms with van der Waals surface area (Å²) >= 11 is 1.46. The molecule has 0 bridgehead atoms. The Hall–Kier alpha value is -2.67. The van der Waals surface area contributed by atoms with E-state index >= 15 is 0 Å². The van der Waals surface area contributed by atoms with Crippen molar-refractivity contribution in [3.05, 3.63) is 76.6 Å². The van der Waals surface area contributed by atoms with E-state index in [4.69, 9.17) is 4.52 Å². The molecule has 7 heteroatoms. The maximum atomic E-state index is 13.7. The minimum Gasteiger partial charge on any atom is -0.361 e. The molecule has 0 aliphatic carbocycles. The highest BCUT2D eigenvalue weighted by Gasteiger charge is 2.15. The summed E-state index contributed by atoms with van der Waals surface area (Å²) in [4.78, 5) is 16.9. The highest BCUT2D eigenvalue weighted by atomic mass is 32.2. The van der Waals surface area contributed by atoms with Gasteiger partial charge in [0.2, 0.25) is 0 Å². The van der Waals surface area contributed by atoms with E-state index in [1.807, 2.05) is 13.8 Å². The van der Waals surface area contributed by atoms with Crippen molar-refractivity contribution in [2.45, 2.75) is 31.0 Å². The van der Waals surface area contributed by atoms with Crippen LogP contribution >= 0.6 is 11.8 Å². The van der Waals surface area contributed by atoms with Crippen LogP contribution in [-0.4, -0.2) is 22.6 Å². The Labute approximate surface area is 161 Å². The van der Waals surface area contributed by atoms with Gasteiger partial charge in [-0.05, 0) is 44.0 Å². The smallest absolute Gasteiger partial charge is 0.254 e. The summed E-state index contributed by atoms with van der Waals surface area (Å²) in [5, 5.41) is 7.42. The minimum absolute atomic E-state index is 0.222. The summed E-state index contributed by atoms with van der Waals surface area (Å²) in [5.74, 6) is 0.907. The van der Waals surface area contributed by atoms with Crippen molar-refractivity contribution >= 4 is 17.7 Å². The predicted molar refractivity (Wildman–Crippen MR) is 102 cm³/mol. The van der Waals surface area contributed by atoms with Crippen LogP contribution in [0.15, 0.2) is 52.1 Å². The SMILES string of the molecule is Cc1noc(C)c1CSc1ncccc1C(=O)NCCc1ccccc1F. The molecule has 2 aromatic heterocycles. The largest absolute Gasteiger partial charge is 0.361 e. The lowest BCUT2D eigenvalue weighted by Crippen LogP contribution is -2.26. The summed E-state index contributed by atoms with van der Waals surface area (Å²) in [6.45, 7) is 4.11. The van der Waals surface area contributed by atoms with Crippen LogP contribution < -0.4 is 5.32 Å². The van der Waals surface area contributed by atoms with Gasteiger partial charge in [-0.1, -0.05) is 23.4 Å². The monoisotopic (exact) mass is 385 g/mol. The molecule has 2 heterocycles. The summed E-state index contributed by atoms with van der Waals surface area (Å²) in [7, 11) is 0. The van der Waals surface area contributed by atoms with Crippen LogP contribution in [0.4, 0.5) is 4.39 Å². The summed E-state index contributed by atoms with van der Waals surface area (Å²) < 4.78 is 18.8. The van der Waals surface area contributed by atoms with E-state index in [9.17, 15) is 9.18 Å². The predicted octanol–water partition coefficient (Wildman–Crippen LogP) is 4.09. The molecule has 0 radical (unpaired) electrons. The third kappa shape index (κ3) is 4.74. The second-order valence-corrected chi connectivity index (χ2v) is 7.01. The number of nitrogens with one attached hydrogen (secondary N) is 1. The van der Waals surface area contributed by atoms with Crippen molar-refractivity contribution in [3.8, 4) is 0 Å². The fourth-order valence-corrected chi connectivity index (χ4v) is 3.78. The van der Waals surface area contributed by atoms with Gasteiger partial charge < -0.3 is 9.84 Å². The fraction of sp³-hybridized carbons (Fsp3) is 0.250. The first-order valence-electron chi connectivity index (χ1n) is 8.57. The van der Waals surface area contributed by atoms with E-state index in [0.29, 0.717) is 34.9 Å². The maximum Gasteiger partial charge on any atom is 0.254 e. The van der Waals surface area contributed by atoms with Gasteiger partial charge in [0.15, 0.2) is 0 Å². The average Bonchev–Trinajstić information content (AvgIpc) is 2.99. The van der Waals surface area contributed by atoms with E-state index in [2.05, 4.69) is 15.5 Å². The number of nitrogens with zero attached hydrogens (tertiary/aromatic N) is 2. The van der Waals surface area contributed by atoms with Gasteiger partial charge in [-0.15, -0.1) is 11.8 Å². The van der Waals surface area contributed by atoms with E-state index in [-0.39, 0.29) is 11.7 Å². The zero-order chi connectivity index (χ0) is 19.2. The number of halogens is 1. The normalized spacial score (nSPS) is 10.8. The Balaban J connectivity index is 1.62. The van der Waals surface area contributed by atoms with E-state index in [0.717, 1.165) is 17.0 Å². The van der Waals surface area contributed by atoms with E-state index in [1.165, 1.54) is 17.8 Å². The fourth-order valence-electron chi connectivity index (χ4n) is 2.63. The van der Waals surface area contributed by atoms with Crippen LogP contribution in [0.3, 0.4) is 0 Å². The number of hydrogen-bond acceptors (Lipinski definition) is 5. The number of carbonyl (C=O) groups is 1. The van der Waals surface area contributed by atoms with Crippen LogP contribution in [0.25, 0.3) is 0 Å². The van der Waals surface area contributed by atoms with Gasteiger partial charge in [0.25, 0.3) is 5.91 Å². The molecule has 0 spiro atoms. The van der Waals surface area contributed by atoms with Gasteiger partial charge in [-0.2, -0.15) is 0 Å². The number of amides is 1. The topological polar surface area (TPSA) is 68.0 Å². The zero-order valence-electron chi connectivity index (χ0n) is 15.2. The van der Waals surface area contributed by atoms with Crippen LogP contribution in [0.1, 0.15) is 32.9 Å². The third-order valence-electron chi connectivity index (χ3n) is 4.19. The lowest BCUT2D eigenvalue weighted by Gasteiger charge is -2.09. The van der Waals surface area contributed by atoms with Crippen LogP contribution in [0.5, 0.6) is 0 Å². The van der Waals surface area contributed by atoms with E-state index in [1.54, 1.807) is 36.5 Å². The highest BCUT2D eigenvalue weighted by Crippen LogP contribution is 2.27. The maximum absolute atomic E-state index is 13.7. The third-order valence-corrected chi connectivity index (χ3v) is 5.22. The van der Waals surface area contributed by atoms with Crippen molar-refractivity contribution in [1.82, 2.24) is 15.5 Å². The molecule has 0 fully saturated rings. The molecule has 0 unspecified atom stereocenters. The van der Waals surface area contributed by atoms with Gasteiger partial charge in [0.1, 0.15) is 16.6 Å². The number of pyridine rings is 1. The van der Waals surface area contributed by atoms with Crippen molar-refractivity contribution in [1.29, 1.82) is 0 Å². The molecule has 0 aliphatic rings. The molecule has 140 valence electrons. The van der Waals surface area contributed by atoms with E-state index < -0.39 is 0 Å². The Bertz CT molecular complexity index is 923. The zero-order valence-corrected chi connectivity index (χ0v) is 16.0. The average molecular weight is 385 g/mol. The molecule has 3 aromatic rings. The Morgan fingerprint density at radius 1 is 1.22 bits per heavy atom. The second kappa shape index (κ2) is 8.81. The first-order chi connectivity index (χ1) is 13.1. The Morgan fingerprint density at radius 2 is 2.04 bits per heavy atom.